The summed E-state index contributed by atoms with van der Waals surface area (Å²) < 4.78 is 1.16. The van der Waals surface area contributed by atoms with E-state index in [1.807, 2.05) is 6.92 Å². The smallest absolute Gasteiger partial charge is 0.251 e. The molecule has 0 bridgehead atoms. The van der Waals surface area contributed by atoms with E-state index in [4.69, 9.17) is 0 Å². The summed E-state index contributed by atoms with van der Waals surface area (Å²) in [5, 5.41) is 0. The van der Waals surface area contributed by atoms with Crippen LogP contribution in [-0.4, -0.2) is 21.1 Å². The van der Waals surface area contributed by atoms with Crippen LogP contribution in [0.1, 0.15) is 50.2 Å². The molecule has 22 heavy (non-hydrogen) atoms. The van der Waals surface area contributed by atoms with Crippen molar-refractivity contribution >= 4 is 11.6 Å². The predicted octanol–water partition coefficient (Wildman–Crippen LogP) is 0.720. The summed E-state index contributed by atoms with van der Waals surface area (Å²) in [6.45, 7) is 3.44. The number of carbonyl (C=O) groups is 2. The first-order valence-corrected chi connectivity index (χ1v) is 6.93. The summed E-state index contributed by atoms with van der Waals surface area (Å²) in [5.41, 5.74) is 0.690. The average Bonchev–Trinajstić information content (AvgIpc) is 2.46. The lowest BCUT2D eigenvalue weighted by atomic mass is 9.84. The van der Waals surface area contributed by atoms with Crippen molar-refractivity contribution in [2.24, 2.45) is 7.05 Å². The van der Waals surface area contributed by atoms with Crippen molar-refractivity contribution in [3.8, 4) is 0 Å². The average molecular weight is 298 g/mol. The molecular weight excluding hydrogens is 284 g/mol. The van der Waals surface area contributed by atoms with Crippen molar-refractivity contribution < 1.29 is 9.59 Å². The molecule has 112 valence electrons. The number of nitrogens with one attached hydrogen (secondary N) is 1. The maximum Gasteiger partial charge on any atom is 0.251 e. The lowest BCUT2D eigenvalue weighted by molar-refractivity contribution is 0.0966. The molecule has 1 aliphatic rings. The van der Waals surface area contributed by atoms with Gasteiger partial charge in [-0.25, -0.2) is 0 Å². The Bertz CT molecular complexity index is 963. The second-order valence-electron chi connectivity index (χ2n) is 5.37. The number of aromatic amines is 1. The number of ketones is 2. The molecule has 0 spiro atoms. The van der Waals surface area contributed by atoms with Gasteiger partial charge < -0.3 is 9.55 Å². The molecule has 2 aromatic rings. The Kier molecular flexibility index (Phi) is 2.98. The first-order valence-electron chi connectivity index (χ1n) is 6.93. The normalized spacial score (nSPS) is 13.0. The number of fused-ring (bicyclic) bond motifs is 2. The van der Waals surface area contributed by atoms with Gasteiger partial charge in [-0.1, -0.05) is 6.92 Å². The number of rotatable bonds is 1. The van der Waals surface area contributed by atoms with Crippen molar-refractivity contribution in [3.63, 3.8) is 0 Å². The van der Waals surface area contributed by atoms with Crippen molar-refractivity contribution in [1.29, 1.82) is 0 Å². The van der Waals surface area contributed by atoms with Crippen LogP contribution >= 0.6 is 0 Å². The summed E-state index contributed by atoms with van der Waals surface area (Å²) in [5.74, 6) is -0.828. The Balaban J connectivity index is 2.49. The van der Waals surface area contributed by atoms with Crippen molar-refractivity contribution in [2.75, 3.05) is 0 Å². The summed E-state index contributed by atoms with van der Waals surface area (Å²) >= 11 is 0. The zero-order valence-corrected chi connectivity index (χ0v) is 12.4. The van der Waals surface area contributed by atoms with Gasteiger partial charge in [-0.15, -0.1) is 0 Å². The summed E-state index contributed by atoms with van der Waals surface area (Å²) in [4.78, 5) is 51.6. The van der Waals surface area contributed by atoms with E-state index < -0.39 is 11.3 Å². The molecule has 0 atom stereocenters. The number of hydrogen-bond donors (Lipinski definition) is 1. The summed E-state index contributed by atoms with van der Waals surface area (Å²) in [7, 11) is 1.45. The van der Waals surface area contributed by atoms with E-state index in [0.717, 1.165) is 4.57 Å². The minimum atomic E-state index is -0.500. The van der Waals surface area contributed by atoms with E-state index in [0.29, 0.717) is 17.5 Å². The third-order valence-corrected chi connectivity index (χ3v) is 4.04. The van der Waals surface area contributed by atoms with Crippen LogP contribution in [0.5, 0.6) is 0 Å². The Labute approximate surface area is 125 Å². The van der Waals surface area contributed by atoms with Crippen LogP contribution in [0.15, 0.2) is 21.7 Å². The van der Waals surface area contributed by atoms with E-state index in [9.17, 15) is 19.2 Å². The largest absolute Gasteiger partial charge is 0.318 e. The van der Waals surface area contributed by atoms with Gasteiger partial charge in [0.15, 0.2) is 5.78 Å². The van der Waals surface area contributed by atoms with Gasteiger partial charge in [0.25, 0.3) is 5.56 Å². The third kappa shape index (κ3) is 1.73. The molecule has 0 aliphatic heterocycles. The predicted molar refractivity (Wildman–Crippen MR) is 79.7 cm³/mol. The fourth-order valence-corrected chi connectivity index (χ4v) is 2.94. The molecule has 1 N–H and O–H groups in total. The zero-order valence-electron chi connectivity index (χ0n) is 12.4. The molecule has 2 heterocycles. The Morgan fingerprint density at radius 1 is 1.05 bits per heavy atom. The van der Waals surface area contributed by atoms with Gasteiger partial charge in [-0.3, -0.25) is 19.2 Å². The van der Waals surface area contributed by atoms with Crippen LogP contribution in [0.3, 0.4) is 0 Å². The molecule has 0 fully saturated rings. The Morgan fingerprint density at radius 2 is 1.73 bits per heavy atom. The van der Waals surface area contributed by atoms with Gasteiger partial charge in [0.2, 0.25) is 11.3 Å². The van der Waals surface area contributed by atoms with Gasteiger partial charge in [0, 0.05) is 19.2 Å². The first kappa shape index (κ1) is 14.2. The minimum absolute atomic E-state index is 0.0363. The van der Waals surface area contributed by atoms with Crippen molar-refractivity contribution in [3.05, 3.63) is 66.5 Å². The highest BCUT2D eigenvalue weighted by Gasteiger charge is 2.35. The quantitative estimate of drug-likeness (QED) is 0.717. The molecule has 0 radical (unpaired) electrons. The van der Waals surface area contributed by atoms with Gasteiger partial charge in [-0.2, -0.15) is 0 Å². The van der Waals surface area contributed by atoms with Gasteiger partial charge in [0.05, 0.1) is 11.1 Å². The highest BCUT2D eigenvalue weighted by molar-refractivity contribution is 6.27. The topological polar surface area (TPSA) is 89.0 Å². The van der Waals surface area contributed by atoms with E-state index in [1.165, 1.54) is 19.2 Å². The zero-order chi connectivity index (χ0) is 16.2. The van der Waals surface area contributed by atoms with E-state index in [2.05, 4.69) is 4.98 Å². The molecule has 0 aromatic carbocycles. The molecule has 0 saturated carbocycles. The fourth-order valence-electron chi connectivity index (χ4n) is 2.94. The van der Waals surface area contributed by atoms with E-state index in [1.54, 1.807) is 6.92 Å². The minimum Gasteiger partial charge on any atom is -0.318 e. The standard InChI is InChI=1S/C16H14N2O4/c1-4-8-6-10(20)18(3)14-12(8)15(21)11-7(2)5-9(19)17-13(11)16(14)22/h5-6H,4H2,1-3H3,(H,17,19). The van der Waals surface area contributed by atoms with Crippen LogP contribution in [0, 0.1) is 6.92 Å². The second-order valence-corrected chi connectivity index (χ2v) is 5.37. The van der Waals surface area contributed by atoms with Crippen LogP contribution in [-0.2, 0) is 13.5 Å². The molecule has 0 amide bonds. The SMILES string of the molecule is CCc1cc(=O)n(C)c2c1C(=O)c1c(C)cc(=O)[nH]c1C2=O. The molecule has 0 unspecified atom stereocenters. The van der Waals surface area contributed by atoms with Crippen molar-refractivity contribution in [2.45, 2.75) is 20.3 Å². The lowest BCUT2D eigenvalue weighted by Gasteiger charge is -2.22. The molecule has 3 rings (SSSR count). The number of carbonyl (C=O) groups excluding carboxylic acids is 2. The number of H-pyrrole nitrogens is 1. The number of aryl methyl sites for hydroxylation is 2. The third-order valence-electron chi connectivity index (χ3n) is 4.04. The Morgan fingerprint density at radius 3 is 2.36 bits per heavy atom. The maximum absolute atomic E-state index is 12.8. The van der Waals surface area contributed by atoms with E-state index >= 15 is 0 Å². The number of aromatic nitrogens is 2. The van der Waals surface area contributed by atoms with Gasteiger partial charge >= 0.3 is 0 Å². The lowest BCUT2D eigenvalue weighted by Crippen LogP contribution is -2.35. The van der Waals surface area contributed by atoms with Crippen LogP contribution < -0.4 is 11.1 Å². The van der Waals surface area contributed by atoms with Crippen molar-refractivity contribution in [1.82, 2.24) is 9.55 Å². The van der Waals surface area contributed by atoms with Crippen LogP contribution in [0.4, 0.5) is 0 Å². The monoisotopic (exact) mass is 298 g/mol. The molecule has 1 aliphatic carbocycles. The Hall–Kier alpha value is -2.76. The molecule has 0 saturated heterocycles. The van der Waals surface area contributed by atoms with Gasteiger partial charge in [0.1, 0.15) is 11.4 Å². The molecular formula is C16H14N2O4. The first-order chi connectivity index (χ1) is 10.4. The van der Waals surface area contributed by atoms with Gasteiger partial charge in [-0.05, 0) is 24.5 Å². The number of nitrogens with zero attached hydrogens (tertiary/aromatic N) is 1. The second kappa shape index (κ2) is 4.62. The fraction of sp³-hybridized carbons (Fsp3) is 0.250. The molecule has 6 nitrogen and oxygen atoms in total. The molecule has 6 heteroatoms. The highest BCUT2D eigenvalue weighted by atomic mass is 16.2. The number of pyridine rings is 2. The summed E-state index contributed by atoms with van der Waals surface area (Å²) in [6.07, 6.45) is 0.467. The number of hydrogen-bond acceptors (Lipinski definition) is 4. The summed E-state index contributed by atoms with van der Waals surface area (Å²) in [6, 6.07) is 2.68. The van der Waals surface area contributed by atoms with E-state index in [-0.39, 0.29) is 33.9 Å². The van der Waals surface area contributed by atoms with Crippen LogP contribution in [0.2, 0.25) is 0 Å². The molecule has 2 aromatic heterocycles. The van der Waals surface area contributed by atoms with Crippen LogP contribution in [0.25, 0.3) is 0 Å². The maximum atomic E-state index is 12.8. The highest BCUT2D eigenvalue weighted by Crippen LogP contribution is 2.28.